The largest absolute Gasteiger partial charge is 0.467 e. The molecule has 0 aliphatic heterocycles. The van der Waals surface area contributed by atoms with Gasteiger partial charge >= 0.3 is 0 Å². The fraction of sp³-hybridized carbons (Fsp3) is 0.450. The third-order valence-electron chi connectivity index (χ3n) is 4.94. The maximum Gasteiger partial charge on any atom is 0.254 e. The van der Waals surface area contributed by atoms with Crippen molar-refractivity contribution in [2.45, 2.75) is 51.1 Å². The first kappa shape index (κ1) is 19.6. The van der Waals surface area contributed by atoms with Crippen molar-refractivity contribution < 1.29 is 17.6 Å². The van der Waals surface area contributed by atoms with E-state index in [9.17, 15) is 13.2 Å². The third kappa shape index (κ3) is 4.09. The molecule has 1 amide bonds. The van der Waals surface area contributed by atoms with Crippen LogP contribution in [0.2, 0.25) is 0 Å². The van der Waals surface area contributed by atoms with Crippen LogP contribution in [-0.4, -0.2) is 42.7 Å². The van der Waals surface area contributed by atoms with Crippen molar-refractivity contribution in [2.24, 2.45) is 0 Å². The number of aryl methyl sites for hydroxylation is 1. The Morgan fingerprint density at radius 3 is 2.44 bits per heavy atom. The summed E-state index contributed by atoms with van der Waals surface area (Å²) in [6.07, 6.45) is 3.51. The zero-order chi connectivity index (χ0) is 19.6. The minimum Gasteiger partial charge on any atom is -0.467 e. The van der Waals surface area contributed by atoms with Gasteiger partial charge in [0.1, 0.15) is 5.76 Å². The molecule has 1 fully saturated rings. The number of carbonyl (C=O) groups is 1. The van der Waals surface area contributed by atoms with E-state index in [4.69, 9.17) is 4.42 Å². The van der Waals surface area contributed by atoms with E-state index in [1.807, 2.05) is 13.0 Å². The second kappa shape index (κ2) is 7.86. The number of furan rings is 1. The van der Waals surface area contributed by atoms with Crippen molar-refractivity contribution in [3.63, 3.8) is 0 Å². The van der Waals surface area contributed by atoms with Crippen LogP contribution < -0.4 is 0 Å². The Bertz CT molecular complexity index is 898. The minimum atomic E-state index is -3.61. The predicted octanol–water partition coefficient (Wildman–Crippen LogP) is 3.42. The van der Waals surface area contributed by atoms with Gasteiger partial charge in [-0.1, -0.05) is 19.9 Å². The van der Waals surface area contributed by atoms with Gasteiger partial charge in [0, 0.05) is 24.7 Å². The van der Waals surface area contributed by atoms with Crippen molar-refractivity contribution in [1.29, 1.82) is 0 Å². The molecule has 1 saturated carbocycles. The molecule has 6 nitrogen and oxygen atoms in total. The molecule has 7 heteroatoms. The number of amides is 1. The summed E-state index contributed by atoms with van der Waals surface area (Å²) in [7, 11) is -3.61. The molecule has 0 N–H and O–H groups in total. The van der Waals surface area contributed by atoms with Crippen molar-refractivity contribution in [2.75, 3.05) is 13.1 Å². The highest BCUT2D eigenvalue weighted by molar-refractivity contribution is 7.89. The van der Waals surface area contributed by atoms with Crippen molar-refractivity contribution >= 4 is 15.9 Å². The van der Waals surface area contributed by atoms with E-state index >= 15 is 0 Å². The number of benzene rings is 1. The third-order valence-corrected chi connectivity index (χ3v) is 6.98. The minimum absolute atomic E-state index is 0.150. The summed E-state index contributed by atoms with van der Waals surface area (Å²) in [5, 5.41) is 0. The molecule has 1 aromatic heterocycles. The molecule has 146 valence electrons. The smallest absolute Gasteiger partial charge is 0.254 e. The summed E-state index contributed by atoms with van der Waals surface area (Å²) < 4.78 is 32.5. The molecule has 0 bridgehead atoms. The van der Waals surface area contributed by atoms with Crippen LogP contribution in [0.15, 0.2) is 45.9 Å². The van der Waals surface area contributed by atoms with E-state index in [-0.39, 0.29) is 16.8 Å². The highest BCUT2D eigenvalue weighted by Gasteiger charge is 2.34. The zero-order valence-electron chi connectivity index (χ0n) is 16.0. The van der Waals surface area contributed by atoms with E-state index in [2.05, 4.69) is 0 Å². The van der Waals surface area contributed by atoms with Crippen LogP contribution in [0.3, 0.4) is 0 Å². The van der Waals surface area contributed by atoms with Gasteiger partial charge in [0.05, 0.1) is 17.7 Å². The molecule has 2 aromatic rings. The summed E-state index contributed by atoms with van der Waals surface area (Å²) in [6, 6.07) is 8.63. The van der Waals surface area contributed by atoms with Crippen molar-refractivity contribution in [3.05, 3.63) is 53.5 Å². The number of nitrogens with zero attached hydrogens (tertiary/aromatic N) is 2. The Morgan fingerprint density at radius 2 is 1.89 bits per heavy atom. The molecule has 0 spiro atoms. The normalized spacial score (nSPS) is 14.5. The Kier molecular flexibility index (Phi) is 5.72. The molecule has 1 aliphatic carbocycles. The average Bonchev–Trinajstić information content (AvgIpc) is 3.36. The van der Waals surface area contributed by atoms with Crippen LogP contribution in [0.5, 0.6) is 0 Å². The number of hydrogen-bond donors (Lipinski definition) is 0. The number of rotatable bonds is 8. The lowest BCUT2D eigenvalue weighted by Crippen LogP contribution is -2.34. The van der Waals surface area contributed by atoms with Gasteiger partial charge in [-0.3, -0.25) is 4.79 Å². The number of sulfonamides is 1. The van der Waals surface area contributed by atoms with E-state index < -0.39 is 10.0 Å². The highest BCUT2D eigenvalue weighted by atomic mass is 32.2. The van der Waals surface area contributed by atoms with Gasteiger partial charge in [-0.05, 0) is 49.6 Å². The van der Waals surface area contributed by atoms with E-state index in [0.717, 1.165) is 24.2 Å². The first-order valence-corrected chi connectivity index (χ1v) is 10.8. The molecule has 3 rings (SSSR count). The van der Waals surface area contributed by atoms with Crippen LogP contribution in [0.1, 0.15) is 48.4 Å². The monoisotopic (exact) mass is 390 g/mol. The van der Waals surface area contributed by atoms with Crippen LogP contribution in [0.4, 0.5) is 0 Å². The molecular formula is C20H26N2O4S. The summed E-state index contributed by atoms with van der Waals surface area (Å²) in [6.45, 7) is 6.62. The van der Waals surface area contributed by atoms with Gasteiger partial charge in [-0.15, -0.1) is 0 Å². The molecule has 0 saturated heterocycles. The highest BCUT2D eigenvalue weighted by Crippen LogP contribution is 2.31. The second-order valence-corrected chi connectivity index (χ2v) is 8.75. The Labute approximate surface area is 160 Å². The van der Waals surface area contributed by atoms with Crippen LogP contribution in [-0.2, 0) is 16.6 Å². The first-order chi connectivity index (χ1) is 12.9. The average molecular weight is 391 g/mol. The lowest BCUT2D eigenvalue weighted by Gasteiger charge is -2.23. The van der Waals surface area contributed by atoms with Gasteiger partial charge in [-0.25, -0.2) is 8.42 Å². The fourth-order valence-electron chi connectivity index (χ4n) is 3.18. The Morgan fingerprint density at radius 1 is 1.19 bits per heavy atom. The maximum atomic E-state index is 13.2. The molecule has 1 aromatic carbocycles. The summed E-state index contributed by atoms with van der Waals surface area (Å²) in [5.41, 5.74) is 1.20. The second-order valence-electron chi connectivity index (χ2n) is 6.81. The maximum absolute atomic E-state index is 13.2. The molecule has 0 atom stereocenters. The van der Waals surface area contributed by atoms with Gasteiger partial charge in [-0.2, -0.15) is 4.31 Å². The SMILES string of the molecule is CCN(CC)S(=O)(=O)c1ccc(C)c(C(=O)N(Cc2ccco2)C2CC2)c1. The van der Waals surface area contributed by atoms with Gasteiger partial charge in [0.2, 0.25) is 10.0 Å². The molecule has 0 unspecified atom stereocenters. The van der Waals surface area contributed by atoms with E-state index in [1.54, 1.807) is 43.2 Å². The zero-order valence-corrected chi connectivity index (χ0v) is 16.8. The number of hydrogen-bond acceptors (Lipinski definition) is 4. The van der Waals surface area contributed by atoms with E-state index in [0.29, 0.717) is 25.2 Å². The Balaban J connectivity index is 1.94. The topological polar surface area (TPSA) is 70.8 Å². The molecule has 1 aliphatic rings. The fourth-order valence-corrected chi connectivity index (χ4v) is 4.67. The standard InChI is InChI=1S/C20H26N2O4S/c1-4-21(5-2)27(24,25)18-11-8-15(3)19(13-18)20(23)22(16-9-10-16)14-17-7-6-12-26-17/h6-8,11-13,16H,4-5,9-10,14H2,1-3H3. The van der Waals surface area contributed by atoms with Crippen LogP contribution >= 0.6 is 0 Å². The summed E-state index contributed by atoms with van der Waals surface area (Å²) in [5.74, 6) is 0.572. The van der Waals surface area contributed by atoms with Crippen molar-refractivity contribution in [1.82, 2.24) is 9.21 Å². The molecule has 27 heavy (non-hydrogen) atoms. The molecular weight excluding hydrogens is 364 g/mol. The summed E-state index contributed by atoms with van der Waals surface area (Å²) in [4.78, 5) is 15.2. The first-order valence-electron chi connectivity index (χ1n) is 9.32. The predicted molar refractivity (Wildman–Crippen MR) is 103 cm³/mol. The lowest BCUT2D eigenvalue weighted by atomic mass is 10.1. The van der Waals surface area contributed by atoms with Gasteiger partial charge in [0.15, 0.2) is 0 Å². The van der Waals surface area contributed by atoms with Crippen LogP contribution in [0.25, 0.3) is 0 Å². The Hall–Kier alpha value is -2.12. The van der Waals surface area contributed by atoms with Crippen molar-refractivity contribution in [3.8, 4) is 0 Å². The quantitative estimate of drug-likeness (QED) is 0.692. The number of carbonyl (C=O) groups excluding carboxylic acids is 1. The van der Waals surface area contributed by atoms with Crippen LogP contribution in [0, 0.1) is 6.92 Å². The van der Waals surface area contributed by atoms with Gasteiger partial charge < -0.3 is 9.32 Å². The lowest BCUT2D eigenvalue weighted by molar-refractivity contribution is 0.0716. The van der Waals surface area contributed by atoms with E-state index in [1.165, 1.54) is 10.4 Å². The van der Waals surface area contributed by atoms with Gasteiger partial charge in [0.25, 0.3) is 5.91 Å². The summed E-state index contributed by atoms with van der Waals surface area (Å²) >= 11 is 0. The molecule has 1 heterocycles. The molecule has 0 radical (unpaired) electrons.